The summed E-state index contributed by atoms with van der Waals surface area (Å²) in [4.78, 5) is 14.5. The molecule has 0 saturated carbocycles. The van der Waals surface area contributed by atoms with Gasteiger partial charge < -0.3 is 20.5 Å². The minimum absolute atomic E-state index is 0. The Morgan fingerprint density at radius 1 is 1.38 bits per heavy atom. The van der Waals surface area contributed by atoms with Crippen LogP contribution in [0.4, 0.5) is 5.69 Å². The zero-order valence-electron chi connectivity index (χ0n) is 13.5. The highest BCUT2D eigenvalue weighted by molar-refractivity contribution is 6.33. The lowest BCUT2D eigenvalue weighted by Gasteiger charge is -2.26. The summed E-state index contributed by atoms with van der Waals surface area (Å²) in [6.07, 6.45) is 0.886. The van der Waals surface area contributed by atoms with E-state index in [1.54, 1.807) is 6.07 Å². The SMILES string of the molecule is COc1cc(N)c(Cl)cc1C(=O)NCCCN1CCOCC1.Cl.Cl. The van der Waals surface area contributed by atoms with Crippen LogP contribution in [-0.4, -0.2) is 57.3 Å². The van der Waals surface area contributed by atoms with Gasteiger partial charge in [0.25, 0.3) is 5.91 Å². The summed E-state index contributed by atoms with van der Waals surface area (Å²) >= 11 is 5.97. The quantitative estimate of drug-likeness (QED) is 0.565. The summed E-state index contributed by atoms with van der Waals surface area (Å²) < 4.78 is 10.5. The van der Waals surface area contributed by atoms with Crippen LogP contribution in [0.1, 0.15) is 16.8 Å². The summed E-state index contributed by atoms with van der Waals surface area (Å²) in [5, 5.41) is 3.23. The fourth-order valence-corrected chi connectivity index (χ4v) is 2.50. The van der Waals surface area contributed by atoms with Crippen LogP contribution in [0.5, 0.6) is 5.75 Å². The highest BCUT2D eigenvalue weighted by Gasteiger charge is 2.15. The summed E-state index contributed by atoms with van der Waals surface area (Å²) in [6.45, 7) is 5.02. The van der Waals surface area contributed by atoms with Crippen LogP contribution >= 0.6 is 36.4 Å². The van der Waals surface area contributed by atoms with Crippen molar-refractivity contribution in [3.8, 4) is 5.75 Å². The number of carbonyl (C=O) groups is 1. The van der Waals surface area contributed by atoms with Crippen LogP contribution in [0.3, 0.4) is 0 Å². The first-order valence-electron chi connectivity index (χ1n) is 7.33. The Kier molecular flexibility index (Phi) is 11.2. The van der Waals surface area contributed by atoms with E-state index in [2.05, 4.69) is 10.2 Å². The van der Waals surface area contributed by atoms with Gasteiger partial charge in [-0.1, -0.05) is 11.6 Å². The zero-order chi connectivity index (χ0) is 15.9. The molecule has 0 atom stereocenters. The first kappa shape index (κ1) is 23.1. The van der Waals surface area contributed by atoms with Crippen LogP contribution in [0, 0.1) is 0 Å². The molecule has 2 rings (SSSR count). The number of amides is 1. The lowest BCUT2D eigenvalue weighted by Crippen LogP contribution is -2.38. The topological polar surface area (TPSA) is 76.8 Å². The molecule has 6 nitrogen and oxygen atoms in total. The number of rotatable bonds is 6. The molecule has 0 aliphatic carbocycles. The van der Waals surface area contributed by atoms with Crippen molar-refractivity contribution in [1.29, 1.82) is 0 Å². The fourth-order valence-electron chi connectivity index (χ4n) is 2.34. The Morgan fingerprint density at radius 2 is 2.04 bits per heavy atom. The largest absolute Gasteiger partial charge is 0.496 e. The van der Waals surface area contributed by atoms with Crippen molar-refractivity contribution in [2.24, 2.45) is 0 Å². The van der Waals surface area contributed by atoms with Crippen molar-refractivity contribution in [1.82, 2.24) is 10.2 Å². The Hall–Kier alpha value is -0.920. The fraction of sp³-hybridized carbons (Fsp3) is 0.533. The maximum Gasteiger partial charge on any atom is 0.255 e. The number of methoxy groups -OCH3 is 1. The van der Waals surface area contributed by atoms with Gasteiger partial charge in [-0.3, -0.25) is 9.69 Å². The third-order valence-corrected chi connectivity index (χ3v) is 3.93. The molecule has 1 aliphatic heterocycles. The van der Waals surface area contributed by atoms with E-state index < -0.39 is 0 Å². The summed E-state index contributed by atoms with van der Waals surface area (Å²) in [7, 11) is 1.50. The van der Waals surface area contributed by atoms with Gasteiger partial charge in [0.2, 0.25) is 0 Å². The molecule has 24 heavy (non-hydrogen) atoms. The highest BCUT2D eigenvalue weighted by Crippen LogP contribution is 2.28. The number of nitrogens with zero attached hydrogens (tertiary/aromatic N) is 1. The van der Waals surface area contributed by atoms with Crippen LogP contribution in [-0.2, 0) is 4.74 Å². The van der Waals surface area contributed by atoms with E-state index in [1.165, 1.54) is 13.2 Å². The predicted octanol–water partition coefficient (Wildman–Crippen LogP) is 2.23. The molecular weight excluding hydrogens is 377 g/mol. The summed E-state index contributed by atoms with van der Waals surface area (Å²) in [5.41, 5.74) is 6.50. The van der Waals surface area contributed by atoms with Crippen molar-refractivity contribution in [3.05, 3.63) is 22.7 Å². The number of anilines is 1. The number of hydrogen-bond donors (Lipinski definition) is 2. The maximum absolute atomic E-state index is 12.2. The second-order valence-corrected chi connectivity index (χ2v) is 5.54. The number of halogens is 3. The smallest absolute Gasteiger partial charge is 0.255 e. The standard InChI is InChI=1S/C15H22ClN3O3.2ClH/c1-21-14-10-13(17)12(16)9-11(14)15(20)18-3-2-4-19-5-7-22-8-6-19;;/h9-10H,2-8,17H2,1H3,(H,18,20);2*1H. The molecule has 3 N–H and O–H groups in total. The number of hydrogen-bond acceptors (Lipinski definition) is 5. The average molecular weight is 401 g/mol. The second-order valence-electron chi connectivity index (χ2n) is 5.14. The lowest BCUT2D eigenvalue weighted by molar-refractivity contribution is 0.0374. The van der Waals surface area contributed by atoms with Gasteiger partial charge in [0.1, 0.15) is 5.75 Å². The monoisotopic (exact) mass is 399 g/mol. The Morgan fingerprint density at radius 3 is 2.67 bits per heavy atom. The Labute approximate surface area is 159 Å². The number of carbonyl (C=O) groups excluding carboxylic acids is 1. The van der Waals surface area contributed by atoms with E-state index in [0.29, 0.717) is 28.6 Å². The van der Waals surface area contributed by atoms with Gasteiger partial charge in [-0.15, -0.1) is 24.8 Å². The second kappa shape index (κ2) is 11.6. The molecular formula is C15H24Cl3N3O3. The van der Waals surface area contributed by atoms with Crippen molar-refractivity contribution < 1.29 is 14.3 Å². The molecule has 1 aromatic rings. The molecule has 1 saturated heterocycles. The lowest BCUT2D eigenvalue weighted by atomic mass is 10.1. The molecule has 1 fully saturated rings. The molecule has 1 aliphatic rings. The van der Waals surface area contributed by atoms with Crippen molar-refractivity contribution in [2.45, 2.75) is 6.42 Å². The molecule has 1 heterocycles. The van der Waals surface area contributed by atoms with Gasteiger partial charge in [0.15, 0.2) is 0 Å². The predicted molar refractivity (Wildman–Crippen MR) is 101 cm³/mol. The highest BCUT2D eigenvalue weighted by atomic mass is 35.5. The number of nitrogen functional groups attached to an aromatic ring is 1. The van der Waals surface area contributed by atoms with Crippen molar-refractivity contribution in [3.63, 3.8) is 0 Å². The maximum atomic E-state index is 12.2. The molecule has 9 heteroatoms. The van der Waals surface area contributed by atoms with Crippen LogP contribution in [0.25, 0.3) is 0 Å². The number of ether oxygens (including phenoxy) is 2. The first-order chi connectivity index (χ1) is 10.6. The molecule has 1 amide bonds. The van der Waals surface area contributed by atoms with Gasteiger partial charge in [0, 0.05) is 25.7 Å². The van der Waals surface area contributed by atoms with E-state index in [9.17, 15) is 4.79 Å². The molecule has 138 valence electrons. The summed E-state index contributed by atoms with van der Waals surface area (Å²) in [5.74, 6) is 0.216. The van der Waals surface area contributed by atoms with Crippen molar-refractivity contribution in [2.75, 3.05) is 52.2 Å². The minimum atomic E-state index is -0.208. The number of benzene rings is 1. The van der Waals surface area contributed by atoms with E-state index >= 15 is 0 Å². The normalized spacial score (nSPS) is 14.2. The Balaban J connectivity index is 0.00000264. The van der Waals surface area contributed by atoms with Gasteiger partial charge in [0.05, 0.1) is 36.6 Å². The van der Waals surface area contributed by atoms with E-state index in [0.717, 1.165) is 39.3 Å². The van der Waals surface area contributed by atoms with Crippen LogP contribution in [0.15, 0.2) is 12.1 Å². The van der Waals surface area contributed by atoms with E-state index in [4.69, 9.17) is 26.8 Å². The number of nitrogens with one attached hydrogen (secondary N) is 1. The van der Waals surface area contributed by atoms with Crippen molar-refractivity contribution >= 4 is 48.0 Å². The Bertz CT molecular complexity index is 526. The number of morpholine rings is 1. The van der Waals surface area contributed by atoms with Crippen LogP contribution in [0.2, 0.25) is 5.02 Å². The third kappa shape index (κ3) is 6.53. The molecule has 0 spiro atoms. The van der Waals surface area contributed by atoms with E-state index in [-0.39, 0.29) is 30.7 Å². The van der Waals surface area contributed by atoms with E-state index in [1.807, 2.05) is 0 Å². The molecule has 0 radical (unpaired) electrons. The summed E-state index contributed by atoms with van der Waals surface area (Å²) in [6, 6.07) is 3.10. The molecule has 0 unspecified atom stereocenters. The molecule has 0 aromatic heterocycles. The average Bonchev–Trinajstić information content (AvgIpc) is 2.54. The van der Waals surface area contributed by atoms with Crippen LogP contribution < -0.4 is 15.8 Å². The molecule has 0 bridgehead atoms. The van der Waals surface area contributed by atoms with Gasteiger partial charge in [-0.2, -0.15) is 0 Å². The molecule has 1 aromatic carbocycles. The zero-order valence-corrected chi connectivity index (χ0v) is 15.9. The van der Waals surface area contributed by atoms with Gasteiger partial charge in [-0.05, 0) is 19.0 Å². The van der Waals surface area contributed by atoms with Gasteiger partial charge in [-0.25, -0.2) is 0 Å². The first-order valence-corrected chi connectivity index (χ1v) is 7.71. The minimum Gasteiger partial charge on any atom is -0.496 e. The third-order valence-electron chi connectivity index (χ3n) is 3.60. The number of nitrogens with two attached hydrogens (primary N) is 1. The van der Waals surface area contributed by atoms with Gasteiger partial charge >= 0.3 is 0 Å².